The molecule has 1 heterocycles. The second-order valence-corrected chi connectivity index (χ2v) is 5.34. The van der Waals surface area contributed by atoms with E-state index in [1.54, 1.807) is 0 Å². The maximum atomic E-state index is 4.61. The van der Waals surface area contributed by atoms with Crippen LogP contribution in [0.5, 0.6) is 0 Å². The second kappa shape index (κ2) is 5.17. The van der Waals surface area contributed by atoms with Crippen LogP contribution in [0.1, 0.15) is 42.2 Å². The molecular weight excluding hydrogens is 234 g/mol. The van der Waals surface area contributed by atoms with Gasteiger partial charge in [0.15, 0.2) is 0 Å². The van der Waals surface area contributed by atoms with Gasteiger partial charge < -0.3 is 5.32 Å². The maximum Gasteiger partial charge on any atom is 0.0754 e. The molecule has 1 N–H and O–H groups in total. The Morgan fingerprint density at radius 3 is 2.89 bits per heavy atom. The zero-order chi connectivity index (χ0) is 13.2. The summed E-state index contributed by atoms with van der Waals surface area (Å²) in [4.78, 5) is 0. The van der Waals surface area contributed by atoms with E-state index in [0.717, 1.165) is 25.1 Å². The van der Waals surface area contributed by atoms with Crippen LogP contribution >= 0.6 is 0 Å². The lowest BCUT2D eigenvalue weighted by Crippen LogP contribution is -2.28. The van der Waals surface area contributed by atoms with Gasteiger partial charge in [0.2, 0.25) is 0 Å². The molecule has 2 atom stereocenters. The molecule has 0 radical (unpaired) electrons. The molecule has 3 rings (SSSR count). The number of nitrogens with zero attached hydrogens (tertiary/aromatic N) is 2. The zero-order valence-corrected chi connectivity index (χ0v) is 11.6. The highest BCUT2D eigenvalue weighted by Crippen LogP contribution is 2.38. The highest BCUT2D eigenvalue weighted by Gasteiger charge is 2.33. The summed E-state index contributed by atoms with van der Waals surface area (Å²) in [6.45, 7) is 5.31. The van der Waals surface area contributed by atoms with Crippen molar-refractivity contribution in [2.24, 2.45) is 0 Å². The molecule has 0 saturated carbocycles. The largest absolute Gasteiger partial charge is 0.308 e. The van der Waals surface area contributed by atoms with Gasteiger partial charge in [0.05, 0.1) is 17.8 Å². The minimum absolute atomic E-state index is 0.385. The van der Waals surface area contributed by atoms with Crippen LogP contribution in [0.15, 0.2) is 36.5 Å². The summed E-state index contributed by atoms with van der Waals surface area (Å²) in [5, 5.41) is 8.30. The molecule has 3 nitrogen and oxygen atoms in total. The number of aromatic nitrogens is 2. The van der Waals surface area contributed by atoms with Crippen molar-refractivity contribution in [3.8, 4) is 0 Å². The first-order valence-corrected chi connectivity index (χ1v) is 7.12. The van der Waals surface area contributed by atoms with E-state index < -0.39 is 0 Å². The Balaban J connectivity index is 1.92. The molecule has 0 aliphatic heterocycles. The van der Waals surface area contributed by atoms with Crippen LogP contribution in [0.3, 0.4) is 0 Å². The minimum atomic E-state index is 0.385. The summed E-state index contributed by atoms with van der Waals surface area (Å²) in [6.07, 6.45) is 4.33. The fraction of sp³-hybridized carbons (Fsp3) is 0.438. The topological polar surface area (TPSA) is 29.9 Å². The summed E-state index contributed by atoms with van der Waals surface area (Å²) in [5.74, 6) is 0. The molecule has 2 unspecified atom stereocenters. The molecule has 0 saturated heterocycles. The van der Waals surface area contributed by atoms with Gasteiger partial charge in [0, 0.05) is 6.20 Å². The molecule has 2 aromatic rings. The molecule has 1 aliphatic rings. The van der Waals surface area contributed by atoms with Crippen molar-refractivity contribution in [3.63, 3.8) is 0 Å². The number of fused-ring (bicyclic) bond motifs is 1. The summed E-state index contributed by atoms with van der Waals surface area (Å²) in [5.41, 5.74) is 3.98. The quantitative estimate of drug-likeness (QED) is 0.910. The Morgan fingerprint density at radius 2 is 2.16 bits per heavy atom. The first-order chi connectivity index (χ1) is 9.29. The zero-order valence-electron chi connectivity index (χ0n) is 11.6. The van der Waals surface area contributed by atoms with Gasteiger partial charge in [-0.2, -0.15) is 5.10 Å². The predicted octanol–water partition coefficient (Wildman–Crippen LogP) is 3.03. The van der Waals surface area contributed by atoms with Crippen molar-refractivity contribution in [2.45, 2.75) is 38.8 Å². The number of hydrogen-bond donors (Lipinski definition) is 1. The average molecular weight is 255 g/mol. The van der Waals surface area contributed by atoms with Gasteiger partial charge in [-0.1, -0.05) is 31.2 Å². The Labute approximate surface area is 114 Å². The Morgan fingerprint density at radius 1 is 1.32 bits per heavy atom. The molecule has 0 bridgehead atoms. The van der Waals surface area contributed by atoms with Crippen LogP contribution in [0.4, 0.5) is 0 Å². The summed E-state index contributed by atoms with van der Waals surface area (Å²) >= 11 is 0. The lowest BCUT2D eigenvalue weighted by Gasteiger charge is -2.22. The van der Waals surface area contributed by atoms with Crippen molar-refractivity contribution in [1.82, 2.24) is 15.1 Å². The maximum absolute atomic E-state index is 4.61. The third-order valence-corrected chi connectivity index (χ3v) is 3.90. The fourth-order valence-corrected chi connectivity index (χ4v) is 2.98. The highest BCUT2D eigenvalue weighted by atomic mass is 15.3. The number of rotatable bonds is 4. The first-order valence-electron chi connectivity index (χ1n) is 7.12. The SMILES string of the molecule is CCCNC1c2ccccc2CC1n1ccc(C)n1. The standard InChI is InChI=1S/C16H21N3/c1-3-9-17-16-14-7-5-4-6-13(14)11-15(16)19-10-8-12(2)18-19/h4-8,10,15-17H,3,9,11H2,1-2H3. The van der Waals surface area contributed by atoms with Crippen LogP contribution in [-0.2, 0) is 6.42 Å². The molecular formula is C16H21N3. The lowest BCUT2D eigenvalue weighted by molar-refractivity contribution is 0.354. The lowest BCUT2D eigenvalue weighted by atomic mass is 10.1. The van der Waals surface area contributed by atoms with E-state index in [-0.39, 0.29) is 0 Å². The molecule has 0 spiro atoms. The molecule has 100 valence electrons. The van der Waals surface area contributed by atoms with Crippen LogP contribution in [-0.4, -0.2) is 16.3 Å². The Bertz CT molecular complexity index is 559. The van der Waals surface area contributed by atoms with E-state index in [0.29, 0.717) is 12.1 Å². The number of aryl methyl sites for hydroxylation is 1. The molecule has 1 aromatic heterocycles. The third-order valence-electron chi connectivity index (χ3n) is 3.90. The van der Waals surface area contributed by atoms with Gasteiger partial charge >= 0.3 is 0 Å². The van der Waals surface area contributed by atoms with Gasteiger partial charge in [-0.25, -0.2) is 0 Å². The minimum Gasteiger partial charge on any atom is -0.308 e. The monoisotopic (exact) mass is 255 g/mol. The van der Waals surface area contributed by atoms with Gasteiger partial charge in [0.25, 0.3) is 0 Å². The highest BCUT2D eigenvalue weighted by molar-refractivity contribution is 5.36. The fourth-order valence-electron chi connectivity index (χ4n) is 2.98. The average Bonchev–Trinajstić information content (AvgIpc) is 3.00. The van der Waals surface area contributed by atoms with E-state index in [4.69, 9.17) is 0 Å². The van der Waals surface area contributed by atoms with E-state index in [2.05, 4.69) is 58.5 Å². The van der Waals surface area contributed by atoms with Crippen LogP contribution in [0.25, 0.3) is 0 Å². The van der Waals surface area contributed by atoms with Crippen molar-refractivity contribution in [2.75, 3.05) is 6.54 Å². The Kier molecular flexibility index (Phi) is 3.38. The van der Waals surface area contributed by atoms with Crippen molar-refractivity contribution in [3.05, 3.63) is 53.3 Å². The molecule has 1 aliphatic carbocycles. The van der Waals surface area contributed by atoms with Crippen molar-refractivity contribution >= 4 is 0 Å². The predicted molar refractivity (Wildman–Crippen MR) is 77.2 cm³/mol. The van der Waals surface area contributed by atoms with Crippen LogP contribution in [0, 0.1) is 6.92 Å². The summed E-state index contributed by atoms with van der Waals surface area (Å²) in [6, 6.07) is 11.6. The van der Waals surface area contributed by atoms with Gasteiger partial charge in [-0.3, -0.25) is 4.68 Å². The first kappa shape index (κ1) is 12.4. The molecule has 0 fully saturated rings. The van der Waals surface area contributed by atoms with Crippen molar-refractivity contribution < 1.29 is 0 Å². The van der Waals surface area contributed by atoms with Crippen LogP contribution < -0.4 is 5.32 Å². The number of nitrogens with one attached hydrogen (secondary N) is 1. The van der Waals surface area contributed by atoms with Gasteiger partial charge in [-0.05, 0) is 43.5 Å². The third kappa shape index (κ3) is 2.30. The second-order valence-electron chi connectivity index (χ2n) is 5.34. The van der Waals surface area contributed by atoms with E-state index in [1.165, 1.54) is 11.1 Å². The summed E-state index contributed by atoms with van der Waals surface area (Å²) in [7, 11) is 0. The normalized spacial score (nSPS) is 21.6. The van der Waals surface area contributed by atoms with E-state index >= 15 is 0 Å². The molecule has 3 heteroatoms. The molecule has 1 aromatic carbocycles. The smallest absolute Gasteiger partial charge is 0.0754 e. The molecule has 19 heavy (non-hydrogen) atoms. The Hall–Kier alpha value is -1.61. The van der Waals surface area contributed by atoms with Crippen LogP contribution in [0.2, 0.25) is 0 Å². The van der Waals surface area contributed by atoms with Gasteiger partial charge in [-0.15, -0.1) is 0 Å². The van der Waals surface area contributed by atoms with E-state index in [1.807, 2.05) is 6.92 Å². The number of hydrogen-bond acceptors (Lipinski definition) is 2. The van der Waals surface area contributed by atoms with E-state index in [9.17, 15) is 0 Å². The van der Waals surface area contributed by atoms with Crippen molar-refractivity contribution in [1.29, 1.82) is 0 Å². The number of benzene rings is 1. The molecule has 0 amide bonds. The summed E-state index contributed by atoms with van der Waals surface area (Å²) < 4.78 is 2.13. The van der Waals surface area contributed by atoms with Gasteiger partial charge in [0.1, 0.15) is 0 Å².